The second kappa shape index (κ2) is 9.23. The highest BCUT2D eigenvalue weighted by atomic mass is 35.5. The van der Waals surface area contributed by atoms with E-state index in [2.05, 4.69) is 51.2 Å². The molecule has 2 aliphatic heterocycles. The molecule has 0 radical (unpaired) electrons. The van der Waals surface area contributed by atoms with Crippen molar-refractivity contribution < 1.29 is 4.79 Å². The van der Waals surface area contributed by atoms with Crippen LogP contribution < -0.4 is 15.1 Å². The lowest BCUT2D eigenvalue weighted by Gasteiger charge is -2.32. The summed E-state index contributed by atoms with van der Waals surface area (Å²) in [7, 11) is 4.28. The lowest BCUT2D eigenvalue weighted by Crippen LogP contribution is -2.38. The van der Waals surface area contributed by atoms with Crippen LogP contribution >= 0.6 is 11.6 Å². The van der Waals surface area contributed by atoms with Crippen molar-refractivity contribution in [2.24, 2.45) is 5.92 Å². The van der Waals surface area contributed by atoms with E-state index in [9.17, 15) is 4.79 Å². The molecule has 160 valence electrons. The van der Waals surface area contributed by atoms with E-state index in [4.69, 9.17) is 11.6 Å². The molecule has 1 unspecified atom stereocenters. The summed E-state index contributed by atoms with van der Waals surface area (Å²) in [5, 5.41) is 3.74. The Balaban J connectivity index is 1.28. The Hall–Kier alpha value is -2.31. The third kappa shape index (κ3) is 4.87. The molecule has 1 aromatic carbocycles. The lowest BCUT2D eigenvalue weighted by molar-refractivity contribution is -0.120. The topological polar surface area (TPSA) is 51.7 Å². The number of hydrogen-bond acceptors (Lipinski definition) is 5. The molecule has 0 saturated carbocycles. The minimum atomic E-state index is 0.0349. The van der Waals surface area contributed by atoms with Gasteiger partial charge in [-0.25, -0.2) is 4.98 Å². The van der Waals surface area contributed by atoms with Crippen molar-refractivity contribution >= 4 is 34.7 Å². The van der Waals surface area contributed by atoms with Crippen molar-refractivity contribution in [3.8, 4) is 0 Å². The molecule has 1 atom stereocenters. The van der Waals surface area contributed by atoms with Crippen molar-refractivity contribution in [2.45, 2.75) is 25.3 Å². The van der Waals surface area contributed by atoms with Gasteiger partial charge in [-0.3, -0.25) is 4.79 Å². The number of anilines is 3. The highest BCUT2D eigenvalue weighted by Gasteiger charge is 2.26. The number of amides is 1. The fourth-order valence-electron chi connectivity index (χ4n) is 4.32. The number of nitrogens with zero attached hydrogens (tertiary/aromatic N) is 4. The van der Waals surface area contributed by atoms with Gasteiger partial charge in [0.1, 0.15) is 5.82 Å². The molecule has 2 aliphatic rings. The second-order valence-corrected chi connectivity index (χ2v) is 8.92. The summed E-state index contributed by atoms with van der Waals surface area (Å²) in [6, 6.07) is 12.7. The van der Waals surface area contributed by atoms with Crippen LogP contribution in [0.15, 0.2) is 42.6 Å². The van der Waals surface area contributed by atoms with Gasteiger partial charge in [-0.1, -0.05) is 11.6 Å². The zero-order valence-corrected chi connectivity index (χ0v) is 18.5. The zero-order valence-electron chi connectivity index (χ0n) is 17.7. The van der Waals surface area contributed by atoms with Gasteiger partial charge < -0.3 is 20.0 Å². The Morgan fingerprint density at radius 1 is 1.03 bits per heavy atom. The normalized spacial score (nSPS) is 20.1. The van der Waals surface area contributed by atoms with Crippen molar-refractivity contribution in [1.29, 1.82) is 0 Å². The highest BCUT2D eigenvalue weighted by Crippen LogP contribution is 2.26. The van der Waals surface area contributed by atoms with E-state index in [0.717, 1.165) is 50.5 Å². The van der Waals surface area contributed by atoms with Crippen LogP contribution in [0.3, 0.4) is 0 Å². The van der Waals surface area contributed by atoms with E-state index in [1.165, 1.54) is 12.1 Å². The van der Waals surface area contributed by atoms with Gasteiger partial charge in [-0.15, -0.1) is 0 Å². The Morgan fingerprint density at radius 3 is 2.33 bits per heavy atom. The standard InChI is InChI=1S/C23H30ClN5O/c1-27(2)21-11-14-29(16-21)20-6-4-19(5-7-20)26-23(30)17-9-12-28(13-10-17)22-8-3-18(24)15-25-22/h3-8,15,17,21H,9-14,16H2,1-2H3,(H,26,30). The van der Waals surface area contributed by atoms with Crippen molar-refractivity contribution in [1.82, 2.24) is 9.88 Å². The van der Waals surface area contributed by atoms with Crippen LogP contribution in [0, 0.1) is 5.92 Å². The second-order valence-electron chi connectivity index (χ2n) is 8.48. The van der Waals surface area contributed by atoms with Gasteiger partial charge in [0.25, 0.3) is 0 Å². The number of hydrogen-bond donors (Lipinski definition) is 1. The third-order valence-corrected chi connectivity index (χ3v) is 6.52. The quantitative estimate of drug-likeness (QED) is 0.787. The van der Waals surface area contributed by atoms with Gasteiger partial charge in [-0.05, 0) is 69.8 Å². The zero-order chi connectivity index (χ0) is 21.1. The van der Waals surface area contributed by atoms with Crippen LogP contribution in [0.5, 0.6) is 0 Å². The molecule has 0 aliphatic carbocycles. The molecule has 2 saturated heterocycles. The van der Waals surface area contributed by atoms with Crippen LogP contribution in [-0.4, -0.2) is 62.1 Å². The summed E-state index contributed by atoms with van der Waals surface area (Å²) in [5.41, 5.74) is 2.09. The third-order valence-electron chi connectivity index (χ3n) is 6.30. The van der Waals surface area contributed by atoms with Crippen LogP contribution in [0.1, 0.15) is 19.3 Å². The maximum Gasteiger partial charge on any atom is 0.227 e. The highest BCUT2D eigenvalue weighted by molar-refractivity contribution is 6.30. The molecule has 3 heterocycles. The largest absolute Gasteiger partial charge is 0.370 e. The number of carbonyl (C=O) groups excluding carboxylic acids is 1. The summed E-state index contributed by atoms with van der Waals surface area (Å²) in [6.07, 6.45) is 4.51. The molecule has 6 nitrogen and oxygen atoms in total. The molecule has 7 heteroatoms. The molecule has 4 rings (SSSR count). The molecule has 30 heavy (non-hydrogen) atoms. The van der Waals surface area contributed by atoms with Gasteiger partial charge in [0, 0.05) is 55.7 Å². The smallest absolute Gasteiger partial charge is 0.227 e. The van der Waals surface area contributed by atoms with E-state index < -0.39 is 0 Å². The predicted octanol–water partition coefficient (Wildman–Crippen LogP) is 3.73. The molecule has 1 aromatic heterocycles. The fraction of sp³-hybridized carbons (Fsp3) is 0.478. The van der Waals surface area contributed by atoms with Gasteiger partial charge in [0.15, 0.2) is 0 Å². The Bertz CT molecular complexity index is 847. The number of carbonyl (C=O) groups is 1. The summed E-state index contributed by atoms with van der Waals surface area (Å²) < 4.78 is 0. The molecule has 1 N–H and O–H groups in total. The minimum absolute atomic E-state index is 0.0349. The van der Waals surface area contributed by atoms with Crippen molar-refractivity contribution in [2.75, 3.05) is 55.4 Å². The molecule has 0 bridgehead atoms. The lowest BCUT2D eigenvalue weighted by atomic mass is 9.95. The molecule has 1 amide bonds. The van der Waals surface area contributed by atoms with Crippen molar-refractivity contribution in [3.05, 3.63) is 47.6 Å². The van der Waals surface area contributed by atoms with Gasteiger partial charge >= 0.3 is 0 Å². The number of aromatic nitrogens is 1. The number of benzene rings is 1. The van der Waals surface area contributed by atoms with E-state index >= 15 is 0 Å². The number of halogens is 1. The Labute approximate surface area is 183 Å². The number of rotatable bonds is 5. The number of nitrogens with one attached hydrogen (secondary N) is 1. The first kappa shape index (κ1) is 20.9. The van der Waals surface area contributed by atoms with E-state index in [0.29, 0.717) is 11.1 Å². The van der Waals surface area contributed by atoms with Crippen LogP contribution in [0.2, 0.25) is 5.02 Å². The summed E-state index contributed by atoms with van der Waals surface area (Å²) in [5.74, 6) is 1.07. The van der Waals surface area contributed by atoms with Gasteiger partial charge in [0.05, 0.1) is 5.02 Å². The Morgan fingerprint density at radius 2 is 1.73 bits per heavy atom. The maximum absolute atomic E-state index is 12.7. The van der Waals surface area contributed by atoms with Gasteiger partial charge in [0.2, 0.25) is 5.91 Å². The van der Waals surface area contributed by atoms with E-state index in [1.54, 1.807) is 6.20 Å². The summed E-state index contributed by atoms with van der Waals surface area (Å²) in [6.45, 7) is 3.79. The number of likely N-dealkylation sites (N-methyl/N-ethyl adjacent to an activating group) is 1. The van der Waals surface area contributed by atoms with Crippen molar-refractivity contribution in [3.63, 3.8) is 0 Å². The van der Waals surface area contributed by atoms with Crippen LogP contribution in [0.25, 0.3) is 0 Å². The predicted molar refractivity (Wildman–Crippen MR) is 124 cm³/mol. The minimum Gasteiger partial charge on any atom is -0.370 e. The average molecular weight is 428 g/mol. The Kier molecular flexibility index (Phi) is 6.44. The first-order valence-electron chi connectivity index (χ1n) is 10.7. The number of piperidine rings is 1. The molecule has 2 aromatic rings. The first-order chi connectivity index (χ1) is 14.5. The van der Waals surface area contributed by atoms with E-state index in [-0.39, 0.29) is 11.8 Å². The summed E-state index contributed by atoms with van der Waals surface area (Å²) >= 11 is 5.92. The van der Waals surface area contributed by atoms with Crippen LogP contribution in [-0.2, 0) is 4.79 Å². The maximum atomic E-state index is 12.7. The van der Waals surface area contributed by atoms with E-state index in [1.807, 2.05) is 24.3 Å². The molecule has 0 spiro atoms. The number of pyridine rings is 1. The molecular weight excluding hydrogens is 398 g/mol. The molecule has 2 fully saturated rings. The fourth-order valence-corrected chi connectivity index (χ4v) is 4.44. The average Bonchev–Trinajstić information content (AvgIpc) is 3.26. The SMILES string of the molecule is CN(C)C1CCN(c2ccc(NC(=O)C3CCN(c4ccc(Cl)cn4)CC3)cc2)C1. The first-order valence-corrected chi connectivity index (χ1v) is 11.1. The summed E-state index contributed by atoms with van der Waals surface area (Å²) in [4.78, 5) is 24.0. The van der Waals surface area contributed by atoms with Crippen LogP contribution in [0.4, 0.5) is 17.2 Å². The van der Waals surface area contributed by atoms with Gasteiger partial charge in [-0.2, -0.15) is 0 Å². The molecular formula is C23H30ClN5O. The monoisotopic (exact) mass is 427 g/mol.